The molecule has 2 rings (SSSR count). The van der Waals surface area contributed by atoms with Crippen molar-refractivity contribution in [2.45, 2.75) is 11.8 Å². The molecule has 0 N–H and O–H groups in total. The molecule has 0 radical (unpaired) electrons. The van der Waals surface area contributed by atoms with Gasteiger partial charge in [-0.2, -0.15) is 8.42 Å². The number of rotatable bonds is 5. The first-order chi connectivity index (χ1) is 10.7. The number of ketones is 1. The van der Waals surface area contributed by atoms with Crippen LogP contribution in [0, 0.1) is 11.6 Å². The summed E-state index contributed by atoms with van der Waals surface area (Å²) in [4.78, 5) is 10.5. The van der Waals surface area contributed by atoms with Crippen LogP contribution in [0.3, 0.4) is 0 Å². The predicted octanol–water partition coefficient (Wildman–Crippen LogP) is 2.94. The maximum Gasteiger partial charge on any atom is 0.342 e. The molecule has 0 saturated heterocycles. The maximum absolute atomic E-state index is 13.6. The number of hydrogen-bond donors (Lipinski definition) is 0. The van der Waals surface area contributed by atoms with Gasteiger partial charge in [0.1, 0.15) is 16.5 Å². The largest absolute Gasteiger partial charge is 0.493 e. The highest BCUT2D eigenvalue weighted by molar-refractivity contribution is 7.87. The summed E-state index contributed by atoms with van der Waals surface area (Å²) in [5.74, 6) is -2.67. The van der Waals surface area contributed by atoms with Crippen molar-refractivity contribution >= 4 is 15.9 Å². The highest BCUT2D eigenvalue weighted by Crippen LogP contribution is 2.31. The van der Waals surface area contributed by atoms with Gasteiger partial charge in [-0.1, -0.05) is 0 Å². The maximum atomic E-state index is 13.6. The van der Waals surface area contributed by atoms with Crippen LogP contribution in [0.4, 0.5) is 8.78 Å². The Morgan fingerprint density at radius 1 is 1.04 bits per heavy atom. The first kappa shape index (κ1) is 16.9. The van der Waals surface area contributed by atoms with Gasteiger partial charge in [-0.05, 0) is 37.3 Å². The van der Waals surface area contributed by atoms with Crippen molar-refractivity contribution in [3.05, 3.63) is 53.6 Å². The predicted molar refractivity (Wildman–Crippen MR) is 77.2 cm³/mol. The van der Waals surface area contributed by atoms with Crippen LogP contribution in [0.1, 0.15) is 17.3 Å². The molecule has 5 nitrogen and oxygen atoms in total. The molecule has 0 aromatic heterocycles. The molecule has 0 spiro atoms. The monoisotopic (exact) mass is 342 g/mol. The van der Waals surface area contributed by atoms with Gasteiger partial charge in [0, 0.05) is 11.6 Å². The Morgan fingerprint density at radius 3 is 2.30 bits per heavy atom. The quantitative estimate of drug-likeness (QED) is 0.617. The Kier molecular flexibility index (Phi) is 4.65. The third kappa shape index (κ3) is 3.65. The summed E-state index contributed by atoms with van der Waals surface area (Å²) in [6.07, 6.45) is 0. The minimum absolute atomic E-state index is 0.0104. The average molecular weight is 342 g/mol. The molecule has 0 bridgehead atoms. The molecule has 2 aromatic rings. The molecule has 0 heterocycles. The average Bonchev–Trinajstić information content (AvgIpc) is 2.46. The molecular formula is C15H12F2O5S. The molecule has 0 aliphatic carbocycles. The van der Waals surface area contributed by atoms with Gasteiger partial charge in [-0.25, -0.2) is 8.78 Å². The van der Waals surface area contributed by atoms with Crippen LogP contribution in [0.5, 0.6) is 11.5 Å². The van der Waals surface area contributed by atoms with Crippen molar-refractivity contribution in [2.75, 3.05) is 7.11 Å². The first-order valence-corrected chi connectivity index (χ1v) is 7.74. The van der Waals surface area contributed by atoms with Crippen LogP contribution in [0.15, 0.2) is 41.3 Å². The second-order valence-corrected chi connectivity index (χ2v) is 6.05. The van der Waals surface area contributed by atoms with Crippen LogP contribution in [0.25, 0.3) is 0 Å². The summed E-state index contributed by atoms with van der Waals surface area (Å²) in [7, 11) is -3.27. The summed E-state index contributed by atoms with van der Waals surface area (Å²) >= 11 is 0. The third-order valence-corrected chi connectivity index (χ3v) is 4.20. The molecule has 0 saturated carbocycles. The smallest absolute Gasteiger partial charge is 0.342 e. The molecule has 0 amide bonds. The second kappa shape index (κ2) is 6.33. The summed E-state index contributed by atoms with van der Waals surface area (Å²) < 4.78 is 60.5. The lowest BCUT2D eigenvalue weighted by molar-refractivity contribution is 0.101. The van der Waals surface area contributed by atoms with Crippen LogP contribution >= 0.6 is 0 Å². The number of hydrogen-bond acceptors (Lipinski definition) is 5. The van der Waals surface area contributed by atoms with E-state index >= 15 is 0 Å². The molecule has 0 unspecified atom stereocenters. The Labute approximate surface area is 131 Å². The number of halogens is 2. The van der Waals surface area contributed by atoms with Crippen LogP contribution < -0.4 is 8.92 Å². The third-order valence-electron chi connectivity index (χ3n) is 2.93. The molecule has 122 valence electrons. The van der Waals surface area contributed by atoms with Crippen molar-refractivity contribution in [3.63, 3.8) is 0 Å². The molecule has 0 aliphatic rings. The zero-order valence-electron chi connectivity index (χ0n) is 12.2. The van der Waals surface area contributed by atoms with Crippen LogP contribution in [-0.2, 0) is 10.1 Å². The van der Waals surface area contributed by atoms with E-state index < -0.39 is 26.6 Å². The van der Waals surface area contributed by atoms with Gasteiger partial charge in [-0.15, -0.1) is 0 Å². The SMILES string of the molecule is COc1cc(C(C)=O)ccc1OS(=O)(=O)c1ccc(F)cc1F. The minimum Gasteiger partial charge on any atom is -0.493 e. The van der Waals surface area contributed by atoms with E-state index in [2.05, 4.69) is 0 Å². The first-order valence-electron chi connectivity index (χ1n) is 6.33. The van der Waals surface area contributed by atoms with Crippen LogP contribution in [0.2, 0.25) is 0 Å². The molecular weight excluding hydrogens is 330 g/mol. The van der Waals surface area contributed by atoms with E-state index in [1.807, 2.05) is 0 Å². The lowest BCUT2D eigenvalue weighted by Gasteiger charge is -2.12. The molecule has 2 aromatic carbocycles. The number of ether oxygens (including phenoxy) is 1. The fourth-order valence-electron chi connectivity index (χ4n) is 1.80. The molecule has 8 heteroatoms. The highest BCUT2D eigenvalue weighted by Gasteiger charge is 2.24. The Morgan fingerprint density at radius 2 is 1.74 bits per heavy atom. The van der Waals surface area contributed by atoms with Gasteiger partial charge < -0.3 is 8.92 Å². The van der Waals surface area contributed by atoms with E-state index in [0.717, 1.165) is 12.1 Å². The van der Waals surface area contributed by atoms with Crippen LogP contribution in [-0.4, -0.2) is 21.3 Å². The van der Waals surface area contributed by atoms with E-state index in [-0.39, 0.29) is 17.3 Å². The van der Waals surface area contributed by atoms with Crippen molar-refractivity contribution in [1.29, 1.82) is 0 Å². The van der Waals surface area contributed by atoms with E-state index in [1.54, 1.807) is 0 Å². The fourth-order valence-corrected chi connectivity index (χ4v) is 2.79. The van der Waals surface area contributed by atoms with E-state index in [1.165, 1.54) is 32.2 Å². The van der Waals surface area contributed by atoms with Gasteiger partial charge in [-0.3, -0.25) is 4.79 Å². The Bertz CT molecular complexity index is 862. The number of Topliss-reactive ketones (excluding diaryl/α,β-unsaturated/α-hetero) is 1. The summed E-state index contributed by atoms with van der Waals surface area (Å²) in [5, 5.41) is 0. The number of carbonyl (C=O) groups excluding carboxylic acids is 1. The lowest BCUT2D eigenvalue weighted by Crippen LogP contribution is -2.12. The molecule has 0 atom stereocenters. The van der Waals surface area contributed by atoms with E-state index in [4.69, 9.17) is 8.92 Å². The second-order valence-electron chi connectivity index (χ2n) is 4.53. The molecule has 0 aliphatic heterocycles. The van der Waals surface area contributed by atoms with Crippen molar-refractivity contribution in [3.8, 4) is 11.5 Å². The number of carbonyl (C=O) groups is 1. The minimum atomic E-state index is -4.53. The van der Waals surface area contributed by atoms with Gasteiger partial charge >= 0.3 is 10.1 Å². The van der Waals surface area contributed by atoms with Crippen molar-refractivity contribution < 1.29 is 30.9 Å². The van der Waals surface area contributed by atoms with Gasteiger partial charge in [0.15, 0.2) is 17.3 Å². The Balaban J connectivity index is 2.43. The zero-order chi connectivity index (χ0) is 17.2. The van der Waals surface area contributed by atoms with Crippen molar-refractivity contribution in [2.24, 2.45) is 0 Å². The Hall–Kier alpha value is -2.48. The molecule has 0 fully saturated rings. The van der Waals surface area contributed by atoms with E-state index in [0.29, 0.717) is 11.6 Å². The van der Waals surface area contributed by atoms with Gasteiger partial charge in [0.05, 0.1) is 7.11 Å². The fraction of sp³-hybridized carbons (Fsp3) is 0.133. The standard InChI is InChI=1S/C15H12F2O5S/c1-9(18)10-3-5-13(14(7-10)21-2)22-23(19,20)15-6-4-11(16)8-12(15)17/h3-8H,1-2H3. The summed E-state index contributed by atoms with van der Waals surface area (Å²) in [6, 6.07) is 5.86. The van der Waals surface area contributed by atoms with Crippen molar-refractivity contribution in [1.82, 2.24) is 0 Å². The normalized spacial score (nSPS) is 11.1. The summed E-state index contributed by atoms with van der Waals surface area (Å²) in [5.41, 5.74) is 0.291. The summed E-state index contributed by atoms with van der Waals surface area (Å²) in [6.45, 7) is 1.33. The lowest BCUT2D eigenvalue weighted by atomic mass is 10.1. The zero-order valence-corrected chi connectivity index (χ0v) is 13.0. The number of benzene rings is 2. The number of methoxy groups -OCH3 is 1. The van der Waals surface area contributed by atoms with Gasteiger partial charge in [0.2, 0.25) is 0 Å². The highest BCUT2D eigenvalue weighted by atomic mass is 32.2. The van der Waals surface area contributed by atoms with Gasteiger partial charge in [0.25, 0.3) is 0 Å². The molecule has 23 heavy (non-hydrogen) atoms. The topological polar surface area (TPSA) is 69.7 Å². The van der Waals surface area contributed by atoms with E-state index in [9.17, 15) is 22.0 Å².